The van der Waals surface area contributed by atoms with Gasteiger partial charge in [0.15, 0.2) is 0 Å². The number of nitrogens with one attached hydrogen (secondary N) is 2. The Morgan fingerprint density at radius 1 is 1.00 bits per heavy atom. The van der Waals surface area contributed by atoms with E-state index < -0.39 is 29.2 Å². The molecule has 2 aromatic rings. The van der Waals surface area contributed by atoms with Crippen molar-refractivity contribution in [2.24, 2.45) is 0 Å². The summed E-state index contributed by atoms with van der Waals surface area (Å²) in [7, 11) is 2.65. The Bertz CT molecular complexity index is 869. The van der Waals surface area contributed by atoms with Gasteiger partial charge in [0.1, 0.15) is 11.4 Å². The molecule has 2 N–H and O–H groups in total. The molecule has 0 aliphatic heterocycles. The molecule has 2 aromatic carbocycles. The number of benzene rings is 2. The van der Waals surface area contributed by atoms with E-state index in [0.29, 0.717) is 11.3 Å². The minimum Gasteiger partial charge on any atom is -0.465 e. The smallest absolute Gasteiger partial charge is 0.337 e. The summed E-state index contributed by atoms with van der Waals surface area (Å²) >= 11 is 0. The number of rotatable bonds is 6. The third-order valence-corrected chi connectivity index (χ3v) is 4.25. The van der Waals surface area contributed by atoms with Gasteiger partial charge in [-0.15, -0.1) is 0 Å². The number of amides is 2. The number of hydrogen-bond donors (Lipinski definition) is 2. The van der Waals surface area contributed by atoms with Crippen LogP contribution in [0.5, 0.6) is 0 Å². The van der Waals surface area contributed by atoms with E-state index >= 15 is 0 Å². The molecule has 0 fully saturated rings. The first-order valence-corrected chi connectivity index (χ1v) is 8.38. The SMILES string of the molecule is COC(=O)c1ccc(NC(=O)C(=O)NC[C@@](C)(OC)c2ccccc2F)cc1. The molecular weight excluding hydrogens is 367 g/mol. The Morgan fingerprint density at radius 2 is 1.64 bits per heavy atom. The van der Waals surface area contributed by atoms with Crippen LogP contribution in [-0.4, -0.2) is 38.5 Å². The van der Waals surface area contributed by atoms with E-state index in [2.05, 4.69) is 15.4 Å². The predicted octanol–water partition coefficient (Wildman–Crippen LogP) is 2.23. The number of anilines is 1. The first kappa shape index (κ1) is 21.0. The lowest BCUT2D eigenvalue weighted by atomic mass is 9.95. The van der Waals surface area contributed by atoms with Crippen molar-refractivity contribution in [3.05, 3.63) is 65.5 Å². The van der Waals surface area contributed by atoms with Crippen molar-refractivity contribution < 1.29 is 28.2 Å². The van der Waals surface area contributed by atoms with E-state index in [1.54, 1.807) is 25.1 Å². The van der Waals surface area contributed by atoms with Gasteiger partial charge in [-0.1, -0.05) is 18.2 Å². The van der Waals surface area contributed by atoms with Crippen LogP contribution in [0.15, 0.2) is 48.5 Å². The van der Waals surface area contributed by atoms with Crippen LogP contribution in [0.2, 0.25) is 0 Å². The van der Waals surface area contributed by atoms with Crippen LogP contribution in [0, 0.1) is 5.82 Å². The molecule has 0 saturated carbocycles. The van der Waals surface area contributed by atoms with Crippen LogP contribution in [0.4, 0.5) is 10.1 Å². The van der Waals surface area contributed by atoms with Crippen molar-refractivity contribution in [1.82, 2.24) is 5.32 Å². The highest BCUT2D eigenvalue weighted by molar-refractivity contribution is 6.39. The third kappa shape index (κ3) is 4.92. The van der Waals surface area contributed by atoms with E-state index in [1.807, 2.05) is 0 Å². The predicted molar refractivity (Wildman–Crippen MR) is 100 cm³/mol. The largest absolute Gasteiger partial charge is 0.465 e. The second-order valence-electron chi connectivity index (χ2n) is 6.12. The maximum absolute atomic E-state index is 14.1. The van der Waals surface area contributed by atoms with Crippen LogP contribution in [0.25, 0.3) is 0 Å². The Labute approximate surface area is 161 Å². The van der Waals surface area contributed by atoms with Crippen LogP contribution in [0.3, 0.4) is 0 Å². The second kappa shape index (κ2) is 9.09. The lowest BCUT2D eigenvalue weighted by Gasteiger charge is -2.29. The molecule has 0 heterocycles. The number of halogens is 1. The molecule has 0 aliphatic carbocycles. The van der Waals surface area contributed by atoms with Crippen LogP contribution < -0.4 is 10.6 Å². The van der Waals surface area contributed by atoms with E-state index in [1.165, 1.54) is 44.6 Å². The zero-order valence-electron chi connectivity index (χ0n) is 15.7. The molecule has 2 amide bonds. The normalized spacial score (nSPS) is 12.6. The summed E-state index contributed by atoms with van der Waals surface area (Å²) in [5.74, 6) is -2.80. The van der Waals surface area contributed by atoms with Gasteiger partial charge in [0, 0.05) is 18.4 Å². The fraction of sp³-hybridized carbons (Fsp3) is 0.250. The molecule has 7 nitrogen and oxygen atoms in total. The Morgan fingerprint density at radius 3 is 2.21 bits per heavy atom. The molecule has 8 heteroatoms. The fourth-order valence-corrected chi connectivity index (χ4v) is 2.49. The quantitative estimate of drug-likeness (QED) is 0.585. The van der Waals surface area contributed by atoms with Crippen LogP contribution in [-0.2, 0) is 24.7 Å². The topological polar surface area (TPSA) is 93.7 Å². The van der Waals surface area contributed by atoms with Gasteiger partial charge < -0.3 is 20.1 Å². The lowest BCUT2D eigenvalue weighted by Crippen LogP contribution is -2.44. The molecule has 0 radical (unpaired) electrons. The highest BCUT2D eigenvalue weighted by Crippen LogP contribution is 2.26. The van der Waals surface area contributed by atoms with E-state index in [0.717, 1.165) is 0 Å². The van der Waals surface area contributed by atoms with E-state index in [4.69, 9.17) is 4.74 Å². The molecule has 0 saturated heterocycles. The van der Waals surface area contributed by atoms with Crippen LogP contribution >= 0.6 is 0 Å². The van der Waals surface area contributed by atoms with Crippen LogP contribution in [0.1, 0.15) is 22.8 Å². The number of carbonyl (C=O) groups excluding carboxylic acids is 3. The van der Waals surface area contributed by atoms with E-state index in [-0.39, 0.29) is 12.1 Å². The highest BCUT2D eigenvalue weighted by Gasteiger charge is 2.30. The molecule has 0 aliphatic rings. The first-order chi connectivity index (χ1) is 13.3. The van der Waals surface area contributed by atoms with Crippen molar-refractivity contribution in [3.63, 3.8) is 0 Å². The summed E-state index contributed by atoms with van der Waals surface area (Å²) in [4.78, 5) is 35.6. The maximum Gasteiger partial charge on any atom is 0.337 e. The van der Waals surface area contributed by atoms with Crippen molar-refractivity contribution in [1.29, 1.82) is 0 Å². The molecule has 0 spiro atoms. The van der Waals surface area contributed by atoms with Crippen molar-refractivity contribution in [2.45, 2.75) is 12.5 Å². The summed E-state index contributed by atoms with van der Waals surface area (Å²) in [5, 5.41) is 4.86. The Hall–Kier alpha value is -3.26. The molecule has 0 unspecified atom stereocenters. The standard InChI is InChI=1S/C20H21FN2O5/c1-20(28-3,15-6-4-5-7-16(15)21)12-22-17(24)18(25)23-14-10-8-13(9-11-14)19(26)27-2/h4-11H,12H2,1-3H3,(H,22,24)(H,23,25)/t20-/m1/s1. The highest BCUT2D eigenvalue weighted by atomic mass is 19.1. The lowest BCUT2D eigenvalue weighted by molar-refractivity contribution is -0.137. The fourth-order valence-electron chi connectivity index (χ4n) is 2.49. The van der Waals surface area contributed by atoms with Gasteiger partial charge in [-0.25, -0.2) is 9.18 Å². The average molecular weight is 388 g/mol. The molecule has 28 heavy (non-hydrogen) atoms. The van der Waals surface area contributed by atoms with Crippen molar-refractivity contribution in [3.8, 4) is 0 Å². The summed E-state index contributed by atoms with van der Waals surface area (Å²) in [6, 6.07) is 11.9. The number of hydrogen-bond acceptors (Lipinski definition) is 5. The van der Waals surface area contributed by atoms with Crippen molar-refractivity contribution >= 4 is 23.5 Å². The van der Waals surface area contributed by atoms with Gasteiger partial charge in [-0.2, -0.15) is 0 Å². The minimum absolute atomic E-state index is 0.113. The molecule has 1 atom stereocenters. The first-order valence-electron chi connectivity index (χ1n) is 8.38. The number of ether oxygens (including phenoxy) is 2. The van der Waals surface area contributed by atoms with Gasteiger partial charge in [-0.05, 0) is 37.3 Å². The molecule has 2 rings (SSSR count). The maximum atomic E-state index is 14.1. The van der Waals surface area contributed by atoms with Gasteiger partial charge >= 0.3 is 17.8 Å². The zero-order valence-corrected chi connectivity index (χ0v) is 15.7. The number of carbonyl (C=O) groups is 3. The zero-order chi connectivity index (χ0) is 20.7. The monoisotopic (exact) mass is 388 g/mol. The van der Waals surface area contributed by atoms with Gasteiger partial charge in [0.2, 0.25) is 0 Å². The van der Waals surface area contributed by atoms with Gasteiger partial charge in [0.25, 0.3) is 0 Å². The van der Waals surface area contributed by atoms with E-state index in [9.17, 15) is 18.8 Å². The minimum atomic E-state index is -1.15. The molecule has 0 aromatic heterocycles. The average Bonchev–Trinajstić information content (AvgIpc) is 2.72. The summed E-state index contributed by atoms with van der Waals surface area (Å²) < 4.78 is 24.0. The number of methoxy groups -OCH3 is 2. The molecular formula is C20H21FN2O5. The third-order valence-electron chi connectivity index (χ3n) is 4.25. The second-order valence-corrected chi connectivity index (χ2v) is 6.12. The summed E-state index contributed by atoms with van der Waals surface area (Å²) in [6.07, 6.45) is 0. The Balaban J connectivity index is 1.99. The molecule has 0 bridgehead atoms. The molecule has 148 valence electrons. The Kier molecular flexibility index (Phi) is 6.84. The number of esters is 1. The van der Waals surface area contributed by atoms with Gasteiger partial charge in [0.05, 0.1) is 19.2 Å². The summed E-state index contributed by atoms with van der Waals surface area (Å²) in [5.41, 5.74) is -0.248. The van der Waals surface area contributed by atoms with Gasteiger partial charge in [-0.3, -0.25) is 9.59 Å². The van der Waals surface area contributed by atoms with Crippen molar-refractivity contribution in [2.75, 3.05) is 26.1 Å². The summed E-state index contributed by atoms with van der Waals surface area (Å²) in [6.45, 7) is 1.49.